The lowest BCUT2D eigenvalue weighted by Crippen LogP contribution is -1.84. The van der Waals surface area contributed by atoms with Crippen LogP contribution in [0.5, 0.6) is 0 Å². The summed E-state index contributed by atoms with van der Waals surface area (Å²) in [5.74, 6) is -0.883. The van der Waals surface area contributed by atoms with Crippen LogP contribution in [-0.2, 0) is 4.79 Å². The molecule has 0 aromatic heterocycles. The lowest BCUT2D eigenvalue weighted by molar-refractivity contribution is -0.131. The molecule has 1 N–H and O–H groups in total. The van der Waals surface area contributed by atoms with E-state index in [1.165, 1.54) is 96.0 Å². The molecule has 2 heteroatoms. The maximum absolute atomic E-state index is 10.3. The van der Waals surface area contributed by atoms with Crippen LogP contribution in [0.4, 0.5) is 0 Å². The summed E-state index contributed by atoms with van der Waals surface area (Å²) in [5, 5.41) is 8.43. The van der Waals surface area contributed by atoms with Gasteiger partial charge in [-0.15, -0.1) is 0 Å². The fraction of sp³-hybridized carbons (Fsp3) is 0.762. The summed E-state index contributed by atoms with van der Waals surface area (Å²) < 4.78 is 0. The minimum absolute atomic E-state index is 0.883. The van der Waals surface area contributed by atoms with Crippen LogP contribution in [-0.4, -0.2) is 11.1 Å². The molecule has 0 saturated heterocycles. The summed E-state index contributed by atoms with van der Waals surface area (Å²) in [6, 6.07) is 0. The van der Waals surface area contributed by atoms with Crippen LogP contribution in [0, 0.1) is 0 Å². The highest BCUT2D eigenvalue weighted by molar-refractivity contribution is 5.80. The summed E-state index contributed by atoms with van der Waals surface area (Å²) in [5.41, 5.74) is 0. The Bertz CT molecular complexity index is 305. The Hall–Kier alpha value is -1.05. The first-order chi connectivity index (χ1) is 11.3. The van der Waals surface area contributed by atoms with E-state index in [0.717, 1.165) is 6.42 Å². The number of hydrogen-bond acceptors (Lipinski definition) is 1. The van der Waals surface area contributed by atoms with Crippen molar-refractivity contribution in [2.75, 3.05) is 0 Å². The van der Waals surface area contributed by atoms with E-state index in [4.69, 9.17) is 5.11 Å². The summed E-state index contributed by atoms with van der Waals surface area (Å²) in [4.78, 5) is 10.3. The summed E-state index contributed by atoms with van der Waals surface area (Å²) in [6.07, 6.45) is 27.1. The van der Waals surface area contributed by atoms with Crippen LogP contribution in [0.2, 0.25) is 0 Å². The van der Waals surface area contributed by atoms with Gasteiger partial charge in [0, 0.05) is 6.08 Å². The van der Waals surface area contributed by atoms with Gasteiger partial charge in [-0.3, -0.25) is 0 Å². The Kier molecular flexibility index (Phi) is 18.1. The van der Waals surface area contributed by atoms with Crippen LogP contribution in [0.15, 0.2) is 24.3 Å². The smallest absolute Gasteiger partial charge is 0.328 e. The molecule has 0 heterocycles. The zero-order valence-corrected chi connectivity index (χ0v) is 15.3. The third-order valence-corrected chi connectivity index (χ3v) is 4.21. The van der Waals surface area contributed by atoms with Crippen molar-refractivity contribution in [1.29, 1.82) is 0 Å². The molecule has 0 spiro atoms. The quantitative estimate of drug-likeness (QED) is 0.177. The van der Waals surface area contributed by atoms with Crippen LogP contribution >= 0.6 is 0 Å². The maximum Gasteiger partial charge on any atom is 0.328 e. The second-order valence-corrected chi connectivity index (χ2v) is 6.51. The molecule has 0 aromatic rings. The highest BCUT2D eigenvalue weighted by Gasteiger charge is 1.93. The van der Waals surface area contributed by atoms with E-state index in [-0.39, 0.29) is 0 Å². The Labute approximate surface area is 144 Å². The van der Waals surface area contributed by atoms with Gasteiger partial charge in [-0.1, -0.05) is 109 Å². The lowest BCUT2D eigenvalue weighted by atomic mass is 10.0. The maximum atomic E-state index is 10.3. The minimum Gasteiger partial charge on any atom is -0.478 e. The van der Waals surface area contributed by atoms with E-state index in [1.54, 1.807) is 6.08 Å². The van der Waals surface area contributed by atoms with Crippen LogP contribution in [0.3, 0.4) is 0 Å². The highest BCUT2D eigenvalue weighted by Crippen LogP contribution is 2.13. The Balaban J connectivity index is 3.09. The van der Waals surface area contributed by atoms with E-state index in [1.807, 2.05) is 6.08 Å². The number of carbonyl (C=O) groups is 1. The molecule has 0 aliphatic heterocycles. The molecule has 0 radical (unpaired) electrons. The number of hydrogen-bond donors (Lipinski definition) is 1. The molecule has 0 amide bonds. The molecule has 0 atom stereocenters. The van der Waals surface area contributed by atoms with Gasteiger partial charge < -0.3 is 5.11 Å². The summed E-state index contributed by atoms with van der Waals surface area (Å²) >= 11 is 0. The molecule has 0 saturated carbocycles. The molecule has 0 fully saturated rings. The second-order valence-electron chi connectivity index (χ2n) is 6.51. The van der Waals surface area contributed by atoms with E-state index in [2.05, 4.69) is 13.0 Å². The zero-order valence-electron chi connectivity index (χ0n) is 15.3. The van der Waals surface area contributed by atoms with Gasteiger partial charge in [0.1, 0.15) is 0 Å². The molecule has 0 aliphatic rings. The van der Waals surface area contributed by atoms with Crippen LogP contribution in [0.1, 0.15) is 103 Å². The average Bonchev–Trinajstić information content (AvgIpc) is 2.53. The second kappa shape index (κ2) is 19.0. The largest absolute Gasteiger partial charge is 0.478 e. The monoisotopic (exact) mass is 322 g/mol. The lowest BCUT2D eigenvalue weighted by Gasteiger charge is -2.02. The fourth-order valence-electron chi connectivity index (χ4n) is 2.77. The van der Waals surface area contributed by atoms with Crippen LogP contribution in [0.25, 0.3) is 0 Å². The molecule has 134 valence electrons. The van der Waals surface area contributed by atoms with Gasteiger partial charge in [-0.25, -0.2) is 4.79 Å². The normalized spacial score (nSPS) is 11.7. The summed E-state index contributed by atoms with van der Waals surface area (Å²) in [7, 11) is 0. The third kappa shape index (κ3) is 21.0. The van der Waals surface area contributed by atoms with E-state index in [0.29, 0.717) is 0 Å². The van der Waals surface area contributed by atoms with Crippen molar-refractivity contribution >= 4 is 5.97 Å². The van der Waals surface area contributed by atoms with Crippen molar-refractivity contribution in [2.24, 2.45) is 0 Å². The van der Waals surface area contributed by atoms with Gasteiger partial charge in [0.25, 0.3) is 0 Å². The average molecular weight is 323 g/mol. The van der Waals surface area contributed by atoms with Gasteiger partial charge in [-0.05, 0) is 12.8 Å². The van der Waals surface area contributed by atoms with Gasteiger partial charge in [0.2, 0.25) is 0 Å². The Morgan fingerprint density at radius 2 is 1.13 bits per heavy atom. The Morgan fingerprint density at radius 3 is 1.57 bits per heavy atom. The predicted octanol–water partition coefficient (Wildman–Crippen LogP) is 7.05. The van der Waals surface area contributed by atoms with Gasteiger partial charge in [0.15, 0.2) is 0 Å². The minimum atomic E-state index is -0.883. The third-order valence-electron chi connectivity index (χ3n) is 4.21. The van der Waals surface area contributed by atoms with Crippen molar-refractivity contribution in [3.63, 3.8) is 0 Å². The van der Waals surface area contributed by atoms with E-state index < -0.39 is 5.97 Å². The molecule has 23 heavy (non-hydrogen) atoms. The van der Waals surface area contributed by atoms with E-state index >= 15 is 0 Å². The number of unbranched alkanes of at least 4 members (excludes halogenated alkanes) is 14. The molecule has 0 rings (SSSR count). The standard InChI is InChI=1S/C21H38O2/c1-2-3-4-5-6-7-8-9-10-11-12-13-14-15-16-17-18-19-20-21(22)23/h17-20H,2-16H2,1H3,(H,22,23). The highest BCUT2D eigenvalue weighted by atomic mass is 16.4. The molecule has 0 aromatic carbocycles. The number of rotatable bonds is 17. The SMILES string of the molecule is CCCCCCCCCCCCCCCCC=CC=CC(=O)O. The van der Waals surface area contributed by atoms with Crippen LogP contribution < -0.4 is 0 Å². The Morgan fingerprint density at radius 1 is 0.696 bits per heavy atom. The number of aliphatic carboxylic acids is 1. The molecule has 0 bridgehead atoms. The fourth-order valence-corrected chi connectivity index (χ4v) is 2.77. The topological polar surface area (TPSA) is 37.3 Å². The first-order valence-electron chi connectivity index (χ1n) is 9.83. The zero-order chi connectivity index (χ0) is 17.0. The molecular weight excluding hydrogens is 284 g/mol. The summed E-state index contributed by atoms with van der Waals surface area (Å²) in [6.45, 7) is 2.27. The van der Waals surface area contributed by atoms with Gasteiger partial charge >= 0.3 is 5.97 Å². The molecule has 2 nitrogen and oxygen atoms in total. The number of carboxylic acid groups (broad SMARTS) is 1. The van der Waals surface area contributed by atoms with Gasteiger partial charge in [-0.2, -0.15) is 0 Å². The first kappa shape index (κ1) is 21.9. The van der Waals surface area contributed by atoms with Gasteiger partial charge in [0.05, 0.1) is 0 Å². The first-order valence-corrected chi connectivity index (χ1v) is 9.83. The molecule has 0 aliphatic carbocycles. The van der Waals surface area contributed by atoms with Crippen molar-refractivity contribution in [1.82, 2.24) is 0 Å². The van der Waals surface area contributed by atoms with Crippen molar-refractivity contribution in [2.45, 2.75) is 103 Å². The molecular formula is C21H38O2. The van der Waals surface area contributed by atoms with Crippen molar-refractivity contribution < 1.29 is 9.90 Å². The van der Waals surface area contributed by atoms with E-state index in [9.17, 15) is 4.79 Å². The van der Waals surface area contributed by atoms with Crippen molar-refractivity contribution in [3.05, 3.63) is 24.3 Å². The predicted molar refractivity (Wildman–Crippen MR) is 101 cm³/mol. The molecule has 0 unspecified atom stereocenters. The number of carboxylic acids is 1. The van der Waals surface area contributed by atoms with Crippen molar-refractivity contribution in [3.8, 4) is 0 Å². The number of allylic oxidation sites excluding steroid dienone is 3.